The van der Waals surface area contributed by atoms with Crippen LogP contribution in [0.3, 0.4) is 0 Å². The SMILES string of the molecule is O=C(Cc1ccc(F)c(Cl)c1)c1cncs1. The summed E-state index contributed by atoms with van der Waals surface area (Å²) < 4.78 is 12.9. The second kappa shape index (κ2) is 4.72. The molecule has 0 aliphatic heterocycles. The molecule has 0 amide bonds. The number of halogens is 2. The summed E-state index contributed by atoms with van der Waals surface area (Å²) in [4.78, 5) is 16.1. The Morgan fingerprint density at radius 1 is 1.50 bits per heavy atom. The van der Waals surface area contributed by atoms with Gasteiger partial charge in [-0.05, 0) is 17.7 Å². The minimum atomic E-state index is -0.476. The van der Waals surface area contributed by atoms with Crippen molar-refractivity contribution in [3.05, 3.63) is 51.2 Å². The Hall–Kier alpha value is -1.26. The Balaban J connectivity index is 2.15. The van der Waals surface area contributed by atoms with Gasteiger partial charge in [-0.25, -0.2) is 4.39 Å². The quantitative estimate of drug-likeness (QED) is 0.787. The van der Waals surface area contributed by atoms with Crippen molar-refractivity contribution in [2.75, 3.05) is 0 Å². The van der Waals surface area contributed by atoms with E-state index in [1.54, 1.807) is 11.6 Å². The number of benzene rings is 1. The largest absolute Gasteiger partial charge is 0.293 e. The molecular weight excluding hydrogens is 249 g/mol. The molecule has 0 spiro atoms. The summed E-state index contributed by atoms with van der Waals surface area (Å²) in [7, 11) is 0. The molecule has 1 aromatic heterocycles. The lowest BCUT2D eigenvalue weighted by molar-refractivity contribution is 0.0996. The number of ketones is 1. The molecular formula is C11H7ClFNOS. The van der Waals surface area contributed by atoms with Gasteiger partial charge in [0.15, 0.2) is 5.78 Å². The fourth-order valence-electron chi connectivity index (χ4n) is 1.28. The average Bonchev–Trinajstić information content (AvgIpc) is 2.77. The number of nitrogens with zero attached hydrogens (tertiary/aromatic N) is 1. The van der Waals surface area contributed by atoms with E-state index in [1.807, 2.05) is 0 Å². The van der Waals surface area contributed by atoms with E-state index in [0.717, 1.165) is 0 Å². The van der Waals surface area contributed by atoms with Crippen LogP contribution in [0, 0.1) is 5.82 Å². The molecule has 0 saturated carbocycles. The maximum absolute atomic E-state index is 12.9. The number of Topliss-reactive ketones (excluding diaryl/α,β-unsaturated/α-hetero) is 1. The predicted octanol–water partition coefficient (Wildman–Crippen LogP) is 3.36. The summed E-state index contributed by atoms with van der Waals surface area (Å²) in [6, 6.07) is 4.29. The first-order chi connectivity index (χ1) is 7.66. The van der Waals surface area contributed by atoms with Crippen LogP contribution in [-0.4, -0.2) is 10.8 Å². The summed E-state index contributed by atoms with van der Waals surface area (Å²) in [5.41, 5.74) is 2.30. The lowest BCUT2D eigenvalue weighted by Crippen LogP contribution is -2.01. The minimum Gasteiger partial charge on any atom is -0.293 e. The van der Waals surface area contributed by atoms with Crippen LogP contribution in [0.15, 0.2) is 29.9 Å². The molecule has 0 atom stereocenters. The van der Waals surface area contributed by atoms with Crippen LogP contribution in [0.25, 0.3) is 0 Å². The zero-order valence-electron chi connectivity index (χ0n) is 8.11. The second-order valence-corrected chi connectivity index (χ2v) is 4.51. The monoisotopic (exact) mass is 255 g/mol. The van der Waals surface area contributed by atoms with Gasteiger partial charge < -0.3 is 0 Å². The fraction of sp³-hybridized carbons (Fsp3) is 0.0909. The van der Waals surface area contributed by atoms with Crippen LogP contribution in [0.2, 0.25) is 5.02 Å². The van der Waals surface area contributed by atoms with Crippen molar-refractivity contribution >= 4 is 28.7 Å². The average molecular weight is 256 g/mol. The van der Waals surface area contributed by atoms with E-state index in [9.17, 15) is 9.18 Å². The Morgan fingerprint density at radius 3 is 2.94 bits per heavy atom. The molecule has 0 unspecified atom stereocenters. The first kappa shape index (κ1) is 11.2. The van der Waals surface area contributed by atoms with Gasteiger partial charge in [-0.1, -0.05) is 17.7 Å². The van der Waals surface area contributed by atoms with Crippen LogP contribution in [0.5, 0.6) is 0 Å². The topological polar surface area (TPSA) is 30.0 Å². The van der Waals surface area contributed by atoms with E-state index in [1.165, 1.54) is 29.7 Å². The van der Waals surface area contributed by atoms with Crippen molar-refractivity contribution in [3.63, 3.8) is 0 Å². The summed E-state index contributed by atoms with van der Waals surface area (Å²) in [6.07, 6.45) is 1.74. The summed E-state index contributed by atoms with van der Waals surface area (Å²) in [5.74, 6) is -0.513. The van der Waals surface area contributed by atoms with E-state index >= 15 is 0 Å². The van der Waals surface area contributed by atoms with Gasteiger partial charge in [0.05, 0.1) is 15.4 Å². The van der Waals surface area contributed by atoms with Crippen molar-refractivity contribution in [1.82, 2.24) is 4.98 Å². The molecule has 2 rings (SSSR count). The highest BCUT2D eigenvalue weighted by molar-refractivity contribution is 7.11. The third-order valence-electron chi connectivity index (χ3n) is 2.06. The smallest absolute Gasteiger partial charge is 0.178 e. The summed E-state index contributed by atoms with van der Waals surface area (Å²) in [6.45, 7) is 0. The molecule has 0 saturated heterocycles. The second-order valence-electron chi connectivity index (χ2n) is 3.21. The summed E-state index contributed by atoms with van der Waals surface area (Å²) >= 11 is 6.92. The molecule has 2 nitrogen and oxygen atoms in total. The van der Waals surface area contributed by atoms with Gasteiger partial charge in [0.1, 0.15) is 5.82 Å². The predicted molar refractivity (Wildman–Crippen MR) is 61.6 cm³/mol. The van der Waals surface area contributed by atoms with Gasteiger partial charge in [-0.15, -0.1) is 11.3 Å². The number of carbonyl (C=O) groups excluding carboxylic acids is 1. The maximum atomic E-state index is 12.9. The lowest BCUT2D eigenvalue weighted by Gasteiger charge is -2.00. The molecule has 0 radical (unpaired) electrons. The van der Waals surface area contributed by atoms with Gasteiger partial charge in [-0.3, -0.25) is 9.78 Å². The molecule has 2 aromatic rings. The number of thiazole rings is 1. The van der Waals surface area contributed by atoms with Crippen molar-refractivity contribution in [3.8, 4) is 0 Å². The highest BCUT2D eigenvalue weighted by Crippen LogP contribution is 2.18. The van der Waals surface area contributed by atoms with Crippen molar-refractivity contribution in [2.24, 2.45) is 0 Å². The Morgan fingerprint density at radius 2 is 2.31 bits per heavy atom. The molecule has 16 heavy (non-hydrogen) atoms. The molecule has 0 bridgehead atoms. The molecule has 0 fully saturated rings. The van der Waals surface area contributed by atoms with Gasteiger partial charge >= 0.3 is 0 Å². The van der Waals surface area contributed by atoms with Crippen LogP contribution < -0.4 is 0 Å². The fourth-order valence-corrected chi connectivity index (χ4v) is 2.04. The van der Waals surface area contributed by atoms with Gasteiger partial charge in [0.25, 0.3) is 0 Å². The Kier molecular flexibility index (Phi) is 3.31. The standard InChI is InChI=1S/C11H7ClFNOS/c12-8-3-7(1-2-9(8)13)4-10(15)11-5-14-6-16-11/h1-3,5-6H,4H2. The minimum absolute atomic E-state index is 0.0367. The highest BCUT2D eigenvalue weighted by Gasteiger charge is 2.09. The number of hydrogen-bond donors (Lipinski definition) is 0. The Bertz CT molecular complexity index is 513. The van der Waals surface area contributed by atoms with E-state index in [-0.39, 0.29) is 17.2 Å². The zero-order chi connectivity index (χ0) is 11.5. The van der Waals surface area contributed by atoms with E-state index in [4.69, 9.17) is 11.6 Å². The molecule has 82 valence electrons. The summed E-state index contributed by atoms with van der Waals surface area (Å²) in [5, 5.41) is 0.0367. The molecule has 5 heteroatoms. The van der Waals surface area contributed by atoms with Gasteiger partial charge in [0.2, 0.25) is 0 Å². The van der Waals surface area contributed by atoms with E-state index in [2.05, 4.69) is 4.98 Å². The number of aromatic nitrogens is 1. The first-order valence-electron chi connectivity index (χ1n) is 4.52. The van der Waals surface area contributed by atoms with E-state index < -0.39 is 5.82 Å². The van der Waals surface area contributed by atoms with E-state index in [0.29, 0.717) is 10.4 Å². The van der Waals surface area contributed by atoms with Crippen molar-refractivity contribution in [1.29, 1.82) is 0 Å². The van der Waals surface area contributed by atoms with Crippen molar-refractivity contribution < 1.29 is 9.18 Å². The number of rotatable bonds is 3. The first-order valence-corrected chi connectivity index (χ1v) is 5.78. The van der Waals surface area contributed by atoms with Crippen LogP contribution in [0.1, 0.15) is 15.2 Å². The number of hydrogen-bond acceptors (Lipinski definition) is 3. The third kappa shape index (κ3) is 2.46. The third-order valence-corrected chi connectivity index (χ3v) is 3.16. The van der Waals surface area contributed by atoms with Crippen LogP contribution in [-0.2, 0) is 6.42 Å². The maximum Gasteiger partial charge on any atom is 0.178 e. The molecule has 1 aromatic carbocycles. The van der Waals surface area contributed by atoms with Gasteiger partial charge in [0, 0.05) is 12.6 Å². The number of carbonyl (C=O) groups is 1. The zero-order valence-corrected chi connectivity index (χ0v) is 9.69. The molecule has 0 N–H and O–H groups in total. The van der Waals surface area contributed by atoms with Gasteiger partial charge in [-0.2, -0.15) is 0 Å². The molecule has 1 heterocycles. The lowest BCUT2D eigenvalue weighted by atomic mass is 10.1. The van der Waals surface area contributed by atoms with Crippen molar-refractivity contribution in [2.45, 2.75) is 6.42 Å². The Labute approximate surface area is 101 Å². The highest BCUT2D eigenvalue weighted by atomic mass is 35.5. The normalized spacial score (nSPS) is 10.4. The van der Waals surface area contributed by atoms with Crippen LogP contribution in [0.4, 0.5) is 4.39 Å². The van der Waals surface area contributed by atoms with Crippen LogP contribution >= 0.6 is 22.9 Å². The molecule has 0 aliphatic rings. The molecule has 0 aliphatic carbocycles.